The zero-order valence-corrected chi connectivity index (χ0v) is 9.99. The molecule has 0 fully saturated rings. The average molecular weight is 222 g/mol. The fourth-order valence-electron chi connectivity index (χ4n) is 1.26. The molecular formula is C12H18N2O2. The molecule has 1 aromatic rings. The lowest BCUT2D eigenvalue weighted by Crippen LogP contribution is -2.20. The summed E-state index contributed by atoms with van der Waals surface area (Å²) in [5.41, 5.74) is 7.64. The summed E-state index contributed by atoms with van der Waals surface area (Å²) in [5, 5.41) is 0. The van der Waals surface area contributed by atoms with E-state index in [-0.39, 0.29) is 5.97 Å². The van der Waals surface area contributed by atoms with E-state index in [2.05, 4.69) is 0 Å². The van der Waals surface area contributed by atoms with E-state index in [1.165, 1.54) is 0 Å². The second-order valence-electron chi connectivity index (χ2n) is 3.98. The predicted octanol–water partition coefficient (Wildman–Crippen LogP) is 1.30. The summed E-state index contributed by atoms with van der Waals surface area (Å²) in [6.45, 7) is 2.95. The Morgan fingerprint density at radius 3 is 2.75 bits per heavy atom. The van der Waals surface area contributed by atoms with Crippen LogP contribution in [0.5, 0.6) is 0 Å². The molecule has 16 heavy (non-hydrogen) atoms. The Kier molecular flexibility index (Phi) is 4.31. The van der Waals surface area contributed by atoms with E-state index < -0.39 is 0 Å². The number of nitrogens with two attached hydrogens (primary N) is 1. The molecule has 0 aliphatic carbocycles. The van der Waals surface area contributed by atoms with Crippen LogP contribution in [-0.4, -0.2) is 38.1 Å². The number of hydrogen-bond acceptors (Lipinski definition) is 4. The van der Waals surface area contributed by atoms with E-state index >= 15 is 0 Å². The molecule has 1 rings (SSSR count). The van der Waals surface area contributed by atoms with Crippen LogP contribution in [-0.2, 0) is 4.74 Å². The fourth-order valence-corrected chi connectivity index (χ4v) is 1.26. The first-order valence-corrected chi connectivity index (χ1v) is 5.19. The van der Waals surface area contributed by atoms with Gasteiger partial charge in [0.1, 0.15) is 6.61 Å². The molecule has 1 aromatic carbocycles. The first-order chi connectivity index (χ1) is 7.52. The molecule has 0 atom stereocenters. The number of carbonyl (C=O) groups excluding carboxylic acids is 1. The number of anilines is 1. The van der Waals surface area contributed by atoms with Crippen molar-refractivity contribution in [3.63, 3.8) is 0 Å². The normalized spacial score (nSPS) is 10.5. The number of carbonyl (C=O) groups is 1. The third-order valence-electron chi connectivity index (χ3n) is 2.32. The van der Waals surface area contributed by atoms with E-state index in [0.29, 0.717) is 24.4 Å². The molecule has 0 aliphatic rings. The van der Waals surface area contributed by atoms with E-state index in [1.54, 1.807) is 12.1 Å². The smallest absolute Gasteiger partial charge is 0.340 e. The quantitative estimate of drug-likeness (QED) is 0.616. The molecule has 0 spiro atoms. The molecule has 0 bridgehead atoms. The van der Waals surface area contributed by atoms with Crippen molar-refractivity contribution in [1.82, 2.24) is 4.90 Å². The van der Waals surface area contributed by atoms with E-state index in [0.717, 1.165) is 5.56 Å². The lowest BCUT2D eigenvalue weighted by molar-refractivity contribution is 0.0483. The highest BCUT2D eigenvalue weighted by atomic mass is 16.5. The highest BCUT2D eigenvalue weighted by Gasteiger charge is 2.11. The summed E-state index contributed by atoms with van der Waals surface area (Å²) in [4.78, 5) is 13.6. The third kappa shape index (κ3) is 3.24. The van der Waals surface area contributed by atoms with Crippen molar-refractivity contribution in [3.05, 3.63) is 29.3 Å². The van der Waals surface area contributed by atoms with Gasteiger partial charge in [0, 0.05) is 12.2 Å². The number of hydrogen-bond donors (Lipinski definition) is 1. The number of para-hydroxylation sites is 1. The fraction of sp³-hybridized carbons (Fsp3) is 0.417. The lowest BCUT2D eigenvalue weighted by atomic mass is 10.1. The maximum Gasteiger partial charge on any atom is 0.340 e. The van der Waals surface area contributed by atoms with E-state index in [9.17, 15) is 4.79 Å². The molecular weight excluding hydrogens is 204 g/mol. The van der Waals surface area contributed by atoms with Gasteiger partial charge >= 0.3 is 5.97 Å². The van der Waals surface area contributed by atoms with Gasteiger partial charge in [-0.05, 0) is 32.6 Å². The number of aryl methyl sites for hydroxylation is 1. The molecule has 4 nitrogen and oxygen atoms in total. The molecule has 0 amide bonds. The van der Waals surface area contributed by atoms with Crippen LogP contribution in [0, 0.1) is 6.92 Å². The van der Waals surface area contributed by atoms with Crippen LogP contribution in [0.3, 0.4) is 0 Å². The zero-order chi connectivity index (χ0) is 12.1. The highest BCUT2D eigenvalue weighted by molar-refractivity contribution is 5.95. The molecule has 2 N–H and O–H groups in total. The number of esters is 1. The standard InChI is InChI=1S/C12H18N2O2/c1-9-5-4-6-10(11(9)13)12(15)16-8-7-14(2)3/h4-6H,7-8,13H2,1-3H3. The lowest BCUT2D eigenvalue weighted by Gasteiger charge is -2.11. The number of benzene rings is 1. The van der Waals surface area contributed by atoms with Crippen LogP contribution < -0.4 is 5.73 Å². The minimum Gasteiger partial charge on any atom is -0.461 e. The summed E-state index contributed by atoms with van der Waals surface area (Å²) >= 11 is 0. The van der Waals surface area contributed by atoms with Gasteiger partial charge in [0.25, 0.3) is 0 Å². The number of nitrogen functional groups attached to an aromatic ring is 1. The predicted molar refractivity (Wildman–Crippen MR) is 64.4 cm³/mol. The maximum atomic E-state index is 11.7. The van der Waals surface area contributed by atoms with Crippen LogP contribution in [0.15, 0.2) is 18.2 Å². The molecule has 0 aliphatic heterocycles. The Hall–Kier alpha value is -1.55. The van der Waals surface area contributed by atoms with Crippen LogP contribution in [0.25, 0.3) is 0 Å². The summed E-state index contributed by atoms with van der Waals surface area (Å²) in [6, 6.07) is 5.35. The number of ether oxygens (including phenoxy) is 1. The van der Waals surface area contributed by atoms with Gasteiger partial charge < -0.3 is 15.4 Å². The molecule has 0 saturated carbocycles. The van der Waals surface area contributed by atoms with Crippen molar-refractivity contribution in [1.29, 1.82) is 0 Å². The second kappa shape index (κ2) is 5.51. The SMILES string of the molecule is Cc1cccc(C(=O)OCCN(C)C)c1N. The zero-order valence-electron chi connectivity index (χ0n) is 9.99. The molecule has 88 valence electrons. The first kappa shape index (κ1) is 12.5. The minimum atomic E-state index is -0.358. The second-order valence-corrected chi connectivity index (χ2v) is 3.98. The van der Waals surface area contributed by atoms with Gasteiger partial charge in [-0.1, -0.05) is 12.1 Å². The van der Waals surface area contributed by atoms with Gasteiger partial charge in [-0.25, -0.2) is 4.79 Å². The molecule has 0 unspecified atom stereocenters. The van der Waals surface area contributed by atoms with Crippen molar-refractivity contribution >= 4 is 11.7 Å². The highest BCUT2D eigenvalue weighted by Crippen LogP contribution is 2.17. The summed E-state index contributed by atoms with van der Waals surface area (Å²) in [6.07, 6.45) is 0. The molecule has 4 heteroatoms. The number of rotatable bonds is 4. The van der Waals surface area contributed by atoms with Crippen molar-refractivity contribution in [2.24, 2.45) is 0 Å². The Morgan fingerprint density at radius 1 is 1.44 bits per heavy atom. The van der Waals surface area contributed by atoms with E-state index in [1.807, 2.05) is 32.0 Å². The van der Waals surface area contributed by atoms with Crippen molar-refractivity contribution in [2.45, 2.75) is 6.92 Å². The minimum absolute atomic E-state index is 0.358. The molecule has 0 saturated heterocycles. The van der Waals surface area contributed by atoms with Crippen LogP contribution in [0.4, 0.5) is 5.69 Å². The maximum absolute atomic E-state index is 11.7. The average Bonchev–Trinajstić information content (AvgIpc) is 2.21. The number of likely N-dealkylation sites (N-methyl/N-ethyl adjacent to an activating group) is 1. The van der Waals surface area contributed by atoms with Crippen LogP contribution in [0.2, 0.25) is 0 Å². The Balaban J connectivity index is 2.63. The molecule has 0 aromatic heterocycles. The molecule has 0 heterocycles. The Bertz CT molecular complexity index is 375. The van der Waals surface area contributed by atoms with Crippen molar-refractivity contribution in [3.8, 4) is 0 Å². The van der Waals surface area contributed by atoms with Gasteiger partial charge in [0.05, 0.1) is 5.56 Å². The monoisotopic (exact) mass is 222 g/mol. The van der Waals surface area contributed by atoms with E-state index in [4.69, 9.17) is 10.5 Å². The first-order valence-electron chi connectivity index (χ1n) is 5.19. The summed E-state index contributed by atoms with van der Waals surface area (Å²) < 4.78 is 5.11. The van der Waals surface area contributed by atoms with Gasteiger partial charge in [-0.15, -0.1) is 0 Å². The summed E-state index contributed by atoms with van der Waals surface area (Å²) in [7, 11) is 3.85. The van der Waals surface area contributed by atoms with Crippen molar-refractivity contribution < 1.29 is 9.53 Å². The summed E-state index contributed by atoms with van der Waals surface area (Å²) in [5.74, 6) is -0.358. The van der Waals surface area contributed by atoms with Gasteiger partial charge in [0.2, 0.25) is 0 Å². The van der Waals surface area contributed by atoms with Gasteiger partial charge in [0.15, 0.2) is 0 Å². The Morgan fingerprint density at radius 2 is 2.12 bits per heavy atom. The van der Waals surface area contributed by atoms with Crippen LogP contribution >= 0.6 is 0 Å². The van der Waals surface area contributed by atoms with Crippen LogP contribution in [0.1, 0.15) is 15.9 Å². The topological polar surface area (TPSA) is 55.6 Å². The van der Waals surface area contributed by atoms with Gasteiger partial charge in [-0.3, -0.25) is 0 Å². The molecule has 0 radical (unpaired) electrons. The Labute approximate surface area is 96.0 Å². The van der Waals surface area contributed by atoms with Crippen molar-refractivity contribution in [2.75, 3.05) is 33.0 Å². The van der Waals surface area contributed by atoms with Gasteiger partial charge in [-0.2, -0.15) is 0 Å². The third-order valence-corrected chi connectivity index (χ3v) is 2.32. The number of nitrogens with zero attached hydrogens (tertiary/aromatic N) is 1. The largest absolute Gasteiger partial charge is 0.461 e.